The largest absolute Gasteiger partial charge is 0.355 e. The minimum absolute atomic E-state index is 0.0300. The Morgan fingerprint density at radius 3 is 2.50 bits per heavy atom. The van der Waals surface area contributed by atoms with Gasteiger partial charge in [-0.05, 0) is 61.2 Å². The molecule has 128 valence electrons. The fourth-order valence-electron chi connectivity index (χ4n) is 2.98. The van der Waals surface area contributed by atoms with Crippen molar-refractivity contribution in [2.45, 2.75) is 33.2 Å². The molecule has 0 unspecified atom stereocenters. The number of amides is 1. The highest BCUT2D eigenvalue weighted by Gasteiger charge is 2.13. The predicted molar refractivity (Wildman–Crippen MR) is 100 cm³/mol. The monoisotopic (exact) mass is 324 g/mol. The van der Waals surface area contributed by atoms with Crippen molar-refractivity contribution in [1.82, 2.24) is 10.2 Å². The molecule has 0 fully saturated rings. The summed E-state index contributed by atoms with van der Waals surface area (Å²) in [6.45, 7) is 6.63. The maximum Gasteiger partial charge on any atom is 0.251 e. The Labute approximate surface area is 145 Å². The summed E-state index contributed by atoms with van der Waals surface area (Å²) >= 11 is 0. The second-order valence-corrected chi connectivity index (χ2v) is 6.33. The number of fused-ring (bicyclic) bond motifs is 1. The molecule has 3 nitrogen and oxygen atoms in total. The van der Waals surface area contributed by atoms with Crippen molar-refractivity contribution in [3.05, 3.63) is 70.3 Å². The van der Waals surface area contributed by atoms with Crippen molar-refractivity contribution >= 4 is 5.91 Å². The minimum Gasteiger partial charge on any atom is -0.355 e. The van der Waals surface area contributed by atoms with Gasteiger partial charge in [0, 0.05) is 25.7 Å². The van der Waals surface area contributed by atoms with Crippen molar-refractivity contribution < 1.29 is 4.79 Å². The normalized spacial score (nSPS) is 13.5. The van der Waals surface area contributed by atoms with E-state index in [1.54, 1.807) is 12.6 Å². The lowest BCUT2D eigenvalue weighted by atomic mass is 9.96. The highest BCUT2D eigenvalue weighted by atomic mass is 16.1. The number of nitrogens with one attached hydrogen (secondary N) is 1. The minimum atomic E-state index is -0.0300. The van der Waals surface area contributed by atoms with Crippen LogP contribution >= 0.6 is 0 Å². The SMILES string of the molecule is CCc1ccc(C(=O)NC)cc1.Cc1cccc2c1CCN(C)C2. The Kier molecular flexibility index (Phi) is 6.56. The summed E-state index contributed by atoms with van der Waals surface area (Å²) in [6.07, 6.45) is 2.23. The van der Waals surface area contributed by atoms with Crippen LogP contribution in [0, 0.1) is 6.92 Å². The number of hydrogen-bond acceptors (Lipinski definition) is 2. The van der Waals surface area contributed by atoms with Gasteiger partial charge in [0.25, 0.3) is 5.91 Å². The van der Waals surface area contributed by atoms with E-state index in [0.29, 0.717) is 0 Å². The van der Waals surface area contributed by atoms with Crippen LogP contribution in [0.3, 0.4) is 0 Å². The van der Waals surface area contributed by atoms with Gasteiger partial charge in [0.1, 0.15) is 0 Å². The number of carbonyl (C=O) groups is 1. The summed E-state index contributed by atoms with van der Waals surface area (Å²) in [7, 11) is 3.82. The van der Waals surface area contributed by atoms with Crippen molar-refractivity contribution in [2.75, 3.05) is 20.6 Å². The quantitative estimate of drug-likeness (QED) is 0.915. The summed E-state index contributed by atoms with van der Waals surface area (Å²) < 4.78 is 0. The first-order valence-corrected chi connectivity index (χ1v) is 8.62. The molecule has 0 aliphatic carbocycles. The van der Waals surface area contributed by atoms with Crippen molar-refractivity contribution in [3.63, 3.8) is 0 Å². The Morgan fingerprint density at radius 1 is 1.17 bits per heavy atom. The van der Waals surface area contributed by atoms with Crippen LogP contribution in [0.4, 0.5) is 0 Å². The lowest BCUT2D eigenvalue weighted by Crippen LogP contribution is -2.26. The summed E-state index contributed by atoms with van der Waals surface area (Å²) in [4.78, 5) is 13.5. The van der Waals surface area contributed by atoms with E-state index in [-0.39, 0.29) is 5.91 Å². The fraction of sp³-hybridized carbons (Fsp3) is 0.381. The molecule has 1 N–H and O–H groups in total. The molecule has 0 saturated carbocycles. The van der Waals surface area contributed by atoms with Crippen molar-refractivity contribution in [3.8, 4) is 0 Å². The van der Waals surface area contributed by atoms with Gasteiger partial charge in [-0.1, -0.05) is 37.3 Å². The van der Waals surface area contributed by atoms with Crippen LogP contribution in [-0.4, -0.2) is 31.4 Å². The van der Waals surface area contributed by atoms with Gasteiger partial charge >= 0.3 is 0 Å². The van der Waals surface area contributed by atoms with E-state index >= 15 is 0 Å². The number of likely N-dealkylation sites (N-methyl/N-ethyl adjacent to an activating group) is 1. The average molecular weight is 324 g/mol. The topological polar surface area (TPSA) is 32.3 Å². The molecule has 1 aliphatic rings. The van der Waals surface area contributed by atoms with Crippen molar-refractivity contribution in [2.24, 2.45) is 0 Å². The van der Waals surface area contributed by atoms with Gasteiger partial charge < -0.3 is 10.2 Å². The average Bonchev–Trinajstić information content (AvgIpc) is 2.61. The van der Waals surface area contributed by atoms with Gasteiger partial charge in [0.05, 0.1) is 0 Å². The molecule has 0 radical (unpaired) electrons. The third kappa shape index (κ3) is 4.68. The van der Waals surface area contributed by atoms with E-state index in [9.17, 15) is 4.79 Å². The Morgan fingerprint density at radius 2 is 1.88 bits per heavy atom. The number of carbonyl (C=O) groups excluding carboxylic acids is 1. The summed E-state index contributed by atoms with van der Waals surface area (Å²) in [6, 6.07) is 14.3. The van der Waals surface area contributed by atoms with E-state index < -0.39 is 0 Å². The zero-order valence-corrected chi connectivity index (χ0v) is 15.2. The summed E-state index contributed by atoms with van der Waals surface area (Å²) in [5, 5.41) is 2.58. The third-order valence-corrected chi connectivity index (χ3v) is 4.54. The second-order valence-electron chi connectivity index (χ2n) is 6.33. The van der Waals surface area contributed by atoms with Gasteiger partial charge in [0.2, 0.25) is 0 Å². The van der Waals surface area contributed by atoms with E-state index in [2.05, 4.69) is 49.3 Å². The van der Waals surface area contributed by atoms with Gasteiger partial charge in [-0.25, -0.2) is 0 Å². The third-order valence-electron chi connectivity index (χ3n) is 4.54. The lowest BCUT2D eigenvalue weighted by Gasteiger charge is -2.25. The lowest BCUT2D eigenvalue weighted by molar-refractivity contribution is 0.0963. The molecule has 1 amide bonds. The molecule has 0 saturated heterocycles. The predicted octanol–water partition coefficient (Wildman–Crippen LogP) is 3.59. The highest BCUT2D eigenvalue weighted by Crippen LogP contribution is 2.20. The number of benzene rings is 2. The zero-order chi connectivity index (χ0) is 17.5. The molecule has 0 bridgehead atoms. The van der Waals surface area contributed by atoms with Gasteiger partial charge in [0.15, 0.2) is 0 Å². The molecule has 0 spiro atoms. The number of aryl methyl sites for hydroxylation is 2. The van der Waals surface area contributed by atoms with E-state index in [1.165, 1.54) is 29.7 Å². The molecule has 1 heterocycles. The maximum absolute atomic E-state index is 11.1. The van der Waals surface area contributed by atoms with Crippen LogP contribution in [0.15, 0.2) is 42.5 Å². The second kappa shape index (κ2) is 8.65. The number of hydrogen-bond donors (Lipinski definition) is 1. The molecule has 2 aromatic carbocycles. The molecule has 1 aliphatic heterocycles. The van der Waals surface area contributed by atoms with Crippen molar-refractivity contribution in [1.29, 1.82) is 0 Å². The van der Waals surface area contributed by atoms with Gasteiger partial charge in [-0.3, -0.25) is 4.79 Å². The van der Waals surface area contributed by atoms with Crippen LogP contribution in [0.2, 0.25) is 0 Å². The first kappa shape index (κ1) is 18.2. The molecule has 0 aromatic heterocycles. The van der Waals surface area contributed by atoms with E-state index in [0.717, 1.165) is 18.5 Å². The molecule has 0 atom stereocenters. The summed E-state index contributed by atoms with van der Waals surface area (Å²) in [5.41, 5.74) is 6.53. The molecule has 3 heteroatoms. The smallest absolute Gasteiger partial charge is 0.251 e. The Balaban J connectivity index is 0.000000174. The van der Waals surface area contributed by atoms with E-state index in [1.807, 2.05) is 24.3 Å². The first-order valence-electron chi connectivity index (χ1n) is 8.62. The molecular formula is C21H28N2O. The van der Waals surface area contributed by atoms with Crippen LogP contribution in [0.25, 0.3) is 0 Å². The zero-order valence-electron chi connectivity index (χ0n) is 15.2. The highest BCUT2D eigenvalue weighted by molar-refractivity contribution is 5.93. The molecule has 3 rings (SSSR count). The van der Waals surface area contributed by atoms with Crippen LogP contribution in [0.1, 0.15) is 39.5 Å². The fourth-order valence-corrected chi connectivity index (χ4v) is 2.98. The first-order chi connectivity index (χ1) is 11.5. The van der Waals surface area contributed by atoms with Crippen LogP contribution < -0.4 is 5.32 Å². The number of nitrogens with zero attached hydrogens (tertiary/aromatic N) is 1. The van der Waals surface area contributed by atoms with Gasteiger partial charge in [-0.2, -0.15) is 0 Å². The molecule has 2 aromatic rings. The van der Waals surface area contributed by atoms with Gasteiger partial charge in [-0.15, -0.1) is 0 Å². The molecular weight excluding hydrogens is 296 g/mol. The maximum atomic E-state index is 11.1. The van der Waals surface area contributed by atoms with Crippen LogP contribution in [0.5, 0.6) is 0 Å². The van der Waals surface area contributed by atoms with E-state index in [4.69, 9.17) is 0 Å². The summed E-state index contributed by atoms with van der Waals surface area (Å²) in [5.74, 6) is -0.0300. The molecule has 24 heavy (non-hydrogen) atoms. The van der Waals surface area contributed by atoms with Crippen LogP contribution in [-0.2, 0) is 19.4 Å². The standard InChI is InChI=1S/C11H15N.C10H13NO/c1-9-4-3-5-10-8-12(2)7-6-11(9)10;1-3-8-4-6-9(7-5-8)10(12)11-2/h3-5H,6-8H2,1-2H3;4-7H,3H2,1-2H3,(H,11,12). The number of rotatable bonds is 2. The Bertz CT molecular complexity index is 677. The Hall–Kier alpha value is -2.13.